The summed E-state index contributed by atoms with van der Waals surface area (Å²) in [5.74, 6) is 3.87. The molecule has 0 N–H and O–H groups in total. The summed E-state index contributed by atoms with van der Waals surface area (Å²) in [6.07, 6.45) is 2.04. The van der Waals surface area contributed by atoms with Crippen molar-refractivity contribution in [3.63, 3.8) is 0 Å². The van der Waals surface area contributed by atoms with Gasteiger partial charge in [-0.2, -0.15) is 11.8 Å². The average Bonchev–Trinajstić information content (AvgIpc) is 2.90. The van der Waals surface area contributed by atoms with Crippen LogP contribution in [-0.4, -0.2) is 41.3 Å². The normalized spacial score (nSPS) is 13.4. The molecule has 0 radical (unpaired) electrons. The smallest absolute Gasteiger partial charge is 0.177 e. The maximum Gasteiger partial charge on any atom is 0.177 e. The van der Waals surface area contributed by atoms with Crippen LogP contribution in [0.15, 0.2) is 18.2 Å². The van der Waals surface area contributed by atoms with Crippen molar-refractivity contribution in [3.8, 4) is 17.2 Å². The van der Waals surface area contributed by atoms with Gasteiger partial charge in [-0.3, -0.25) is 0 Å². The minimum Gasteiger partial charge on any atom is -0.486 e. The zero-order valence-electron chi connectivity index (χ0n) is 12.0. The summed E-state index contributed by atoms with van der Waals surface area (Å²) < 4.78 is 18.1. The van der Waals surface area contributed by atoms with Gasteiger partial charge in [-0.1, -0.05) is 0 Å². The highest BCUT2D eigenvalue weighted by molar-refractivity contribution is 7.97. The molecule has 1 aliphatic heterocycles. The van der Waals surface area contributed by atoms with Gasteiger partial charge < -0.3 is 14.2 Å². The van der Waals surface area contributed by atoms with Gasteiger partial charge in [0.15, 0.2) is 17.3 Å². The Labute approximate surface area is 127 Å². The second-order valence-corrected chi connectivity index (χ2v) is 5.42. The van der Waals surface area contributed by atoms with E-state index in [-0.39, 0.29) is 0 Å². The SMILES string of the molecule is COCc1nc(CSC)n(-c2ccc3c(c2)OCCO3)n1. The van der Waals surface area contributed by atoms with Crippen LogP contribution in [-0.2, 0) is 17.1 Å². The first-order valence-electron chi connectivity index (χ1n) is 6.64. The molecule has 0 unspecified atom stereocenters. The van der Waals surface area contributed by atoms with Crippen LogP contribution < -0.4 is 9.47 Å². The number of fused-ring (bicyclic) bond motifs is 1. The first-order chi connectivity index (χ1) is 10.3. The topological polar surface area (TPSA) is 58.4 Å². The van der Waals surface area contributed by atoms with Crippen molar-refractivity contribution in [1.29, 1.82) is 0 Å². The molecule has 1 aromatic heterocycles. The van der Waals surface area contributed by atoms with Crippen LogP contribution in [0.1, 0.15) is 11.6 Å². The Balaban J connectivity index is 1.98. The molecule has 3 rings (SSSR count). The number of hydrogen-bond acceptors (Lipinski definition) is 6. The van der Waals surface area contributed by atoms with Crippen LogP contribution in [0.3, 0.4) is 0 Å². The largest absolute Gasteiger partial charge is 0.486 e. The molecular weight excluding hydrogens is 290 g/mol. The molecule has 2 heterocycles. The van der Waals surface area contributed by atoms with Gasteiger partial charge in [0.1, 0.15) is 25.6 Å². The summed E-state index contributed by atoms with van der Waals surface area (Å²) >= 11 is 1.70. The van der Waals surface area contributed by atoms with Crippen LogP contribution in [0.2, 0.25) is 0 Å². The first-order valence-corrected chi connectivity index (χ1v) is 8.04. The lowest BCUT2D eigenvalue weighted by Gasteiger charge is -2.19. The van der Waals surface area contributed by atoms with Crippen LogP contribution in [0.25, 0.3) is 5.69 Å². The van der Waals surface area contributed by atoms with E-state index in [1.165, 1.54) is 0 Å². The highest BCUT2D eigenvalue weighted by atomic mass is 32.2. The predicted molar refractivity (Wildman–Crippen MR) is 80.3 cm³/mol. The third-order valence-corrected chi connectivity index (χ3v) is 3.58. The minimum atomic E-state index is 0.402. The van der Waals surface area contributed by atoms with Gasteiger partial charge in [-0.05, 0) is 18.4 Å². The molecule has 2 aromatic rings. The Kier molecular flexibility index (Phi) is 4.31. The van der Waals surface area contributed by atoms with Crippen LogP contribution in [0, 0.1) is 0 Å². The van der Waals surface area contributed by atoms with Crippen molar-refractivity contribution in [2.24, 2.45) is 0 Å². The summed E-state index contributed by atoms with van der Waals surface area (Å²) in [4.78, 5) is 4.51. The summed E-state index contributed by atoms with van der Waals surface area (Å²) in [5, 5.41) is 4.51. The van der Waals surface area contributed by atoms with Crippen molar-refractivity contribution < 1.29 is 14.2 Å². The van der Waals surface area contributed by atoms with E-state index < -0.39 is 0 Å². The molecule has 0 bridgehead atoms. The standard InChI is InChI=1S/C14H17N3O3S/c1-18-8-13-15-14(9-21-2)17(16-13)10-3-4-11-12(7-10)20-6-5-19-11/h3-4,7H,5-6,8-9H2,1-2H3. The highest BCUT2D eigenvalue weighted by Crippen LogP contribution is 2.32. The van der Waals surface area contributed by atoms with Gasteiger partial charge >= 0.3 is 0 Å². The number of hydrogen-bond donors (Lipinski definition) is 0. The maximum atomic E-state index is 5.62. The molecule has 0 amide bonds. The number of ether oxygens (including phenoxy) is 3. The molecule has 1 aromatic carbocycles. The molecule has 7 heteroatoms. The molecule has 0 saturated heterocycles. The van der Waals surface area contributed by atoms with E-state index in [0.29, 0.717) is 25.6 Å². The van der Waals surface area contributed by atoms with Crippen LogP contribution in [0.5, 0.6) is 11.5 Å². The third kappa shape index (κ3) is 2.98. The zero-order valence-corrected chi connectivity index (χ0v) is 12.9. The van der Waals surface area contributed by atoms with Gasteiger partial charge in [0.25, 0.3) is 0 Å². The quantitative estimate of drug-likeness (QED) is 0.842. The number of thioether (sulfide) groups is 1. The number of methoxy groups -OCH3 is 1. The molecular formula is C14H17N3O3S. The van der Waals surface area contributed by atoms with E-state index in [1.54, 1.807) is 18.9 Å². The van der Waals surface area contributed by atoms with E-state index in [9.17, 15) is 0 Å². The zero-order chi connectivity index (χ0) is 14.7. The van der Waals surface area contributed by atoms with Crippen molar-refractivity contribution in [2.75, 3.05) is 26.6 Å². The highest BCUT2D eigenvalue weighted by Gasteiger charge is 2.16. The van der Waals surface area contributed by atoms with E-state index in [4.69, 9.17) is 14.2 Å². The Morgan fingerprint density at radius 1 is 1.29 bits per heavy atom. The van der Waals surface area contributed by atoms with E-state index in [2.05, 4.69) is 10.1 Å². The lowest BCUT2D eigenvalue weighted by Crippen LogP contribution is -2.15. The molecule has 112 valence electrons. The number of rotatable bonds is 5. The van der Waals surface area contributed by atoms with Gasteiger partial charge in [0.2, 0.25) is 0 Å². The van der Waals surface area contributed by atoms with Gasteiger partial charge in [-0.15, -0.1) is 5.10 Å². The van der Waals surface area contributed by atoms with Gasteiger partial charge in [0.05, 0.1) is 11.4 Å². The Morgan fingerprint density at radius 3 is 2.86 bits per heavy atom. The Bertz CT molecular complexity index is 630. The Hall–Kier alpha value is -1.73. The maximum absolute atomic E-state index is 5.62. The number of nitrogens with zero attached hydrogens (tertiary/aromatic N) is 3. The minimum absolute atomic E-state index is 0.402. The summed E-state index contributed by atoms with van der Waals surface area (Å²) in [7, 11) is 1.64. The average molecular weight is 307 g/mol. The van der Waals surface area contributed by atoms with Gasteiger partial charge in [-0.25, -0.2) is 9.67 Å². The predicted octanol–water partition coefficient (Wildman–Crippen LogP) is 2.05. The molecule has 0 spiro atoms. The molecule has 0 aliphatic carbocycles. The van der Waals surface area contributed by atoms with E-state index in [1.807, 2.05) is 29.1 Å². The fourth-order valence-electron chi connectivity index (χ4n) is 2.18. The summed E-state index contributed by atoms with van der Waals surface area (Å²) in [6, 6.07) is 5.80. The number of aromatic nitrogens is 3. The lowest BCUT2D eigenvalue weighted by atomic mass is 10.2. The fraction of sp³-hybridized carbons (Fsp3) is 0.429. The van der Waals surface area contributed by atoms with Crippen molar-refractivity contribution in [1.82, 2.24) is 14.8 Å². The Morgan fingerprint density at radius 2 is 2.10 bits per heavy atom. The molecule has 21 heavy (non-hydrogen) atoms. The van der Waals surface area contributed by atoms with E-state index >= 15 is 0 Å². The van der Waals surface area contributed by atoms with Crippen LogP contribution in [0.4, 0.5) is 0 Å². The molecule has 0 atom stereocenters. The molecule has 1 aliphatic rings. The van der Waals surface area contributed by atoms with Crippen LogP contribution >= 0.6 is 11.8 Å². The monoisotopic (exact) mass is 307 g/mol. The van der Waals surface area contributed by atoms with E-state index in [0.717, 1.165) is 28.8 Å². The van der Waals surface area contributed by atoms with Crippen molar-refractivity contribution in [2.45, 2.75) is 12.4 Å². The van der Waals surface area contributed by atoms with Gasteiger partial charge in [0, 0.05) is 13.2 Å². The molecule has 0 saturated carbocycles. The third-order valence-electron chi connectivity index (χ3n) is 3.04. The number of benzene rings is 1. The summed E-state index contributed by atoms with van der Waals surface area (Å²) in [5.41, 5.74) is 0.915. The lowest BCUT2D eigenvalue weighted by molar-refractivity contribution is 0.171. The summed E-state index contributed by atoms with van der Waals surface area (Å²) in [6.45, 7) is 1.56. The molecule has 0 fully saturated rings. The fourth-order valence-corrected chi connectivity index (χ4v) is 2.62. The second kappa shape index (κ2) is 6.36. The van der Waals surface area contributed by atoms with Crippen molar-refractivity contribution >= 4 is 11.8 Å². The first kappa shape index (κ1) is 14.2. The molecule has 6 nitrogen and oxygen atoms in total. The second-order valence-electron chi connectivity index (χ2n) is 4.55. The van der Waals surface area contributed by atoms with Crippen molar-refractivity contribution in [3.05, 3.63) is 29.8 Å².